The van der Waals surface area contributed by atoms with E-state index in [1.165, 1.54) is 16.7 Å². The molecule has 0 aromatic heterocycles. The number of hydrogen-bond donors (Lipinski definition) is 0. The van der Waals surface area contributed by atoms with Gasteiger partial charge in [0.25, 0.3) is 0 Å². The van der Waals surface area contributed by atoms with Gasteiger partial charge in [-0.2, -0.15) is 0 Å². The SMILES string of the molecule is CCCOc1ccc(C(=CC=C(c2ccccc2)c2ccccc2)c2ccc(OCCC)cc2)cc1. The number of benzene rings is 4. The van der Waals surface area contributed by atoms with Crippen LogP contribution in [-0.4, -0.2) is 13.2 Å². The van der Waals surface area contributed by atoms with E-state index in [0.29, 0.717) is 0 Å². The second-order valence-corrected chi connectivity index (χ2v) is 8.64. The summed E-state index contributed by atoms with van der Waals surface area (Å²) in [6.07, 6.45) is 6.43. The maximum absolute atomic E-state index is 5.81. The monoisotopic (exact) mass is 474 g/mol. The predicted molar refractivity (Wildman–Crippen MR) is 151 cm³/mol. The highest BCUT2D eigenvalue weighted by Crippen LogP contribution is 2.30. The van der Waals surface area contributed by atoms with Crippen LogP contribution in [0.25, 0.3) is 11.1 Å². The van der Waals surface area contributed by atoms with Crippen molar-refractivity contribution in [1.82, 2.24) is 0 Å². The summed E-state index contributed by atoms with van der Waals surface area (Å²) in [6, 6.07) is 37.8. The molecule has 0 spiro atoms. The second-order valence-electron chi connectivity index (χ2n) is 8.64. The average Bonchev–Trinajstić information content (AvgIpc) is 2.95. The normalized spacial score (nSPS) is 10.4. The molecule has 4 aromatic rings. The molecule has 0 atom stereocenters. The Morgan fingerprint density at radius 3 is 1.14 bits per heavy atom. The van der Waals surface area contributed by atoms with E-state index in [4.69, 9.17) is 9.47 Å². The molecule has 182 valence electrons. The van der Waals surface area contributed by atoms with Crippen LogP contribution in [0.2, 0.25) is 0 Å². The van der Waals surface area contributed by atoms with Crippen LogP contribution < -0.4 is 9.47 Å². The molecule has 0 heterocycles. The summed E-state index contributed by atoms with van der Waals surface area (Å²) in [6.45, 7) is 5.68. The van der Waals surface area contributed by atoms with Gasteiger partial charge in [0.1, 0.15) is 11.5 Å². The largest absolute Gasteiger partial charge is 0.494 e. The summed E-state index contributed by atoms with van der Waals surface area (Å²) >= 11 is 0. The predicted octanol–water partition coefficient (Wildman–Crippen LogP) is 8.83. The fourth-order valence-electron chi connectivity index (χ4n) is 4.02. The van der Waals surface area contributed by atoms with Crippen LogP contribution >= 0.6 is 0 Å². The molecular formula is C34H34O2. The van der Waals surface area contributed by atoms with Crippen molar-refractivity contribution in [2.75, 3.05) is 13.2 Å². The zero-order valence-electron chi connectivity index (χ0n) is 21.2. The van der Waals surface area contributed by atoms with E-state index in [9.17, 15) is 0 Å². The molecule has 0 aliphatic heterocycles. The lowest BCUT2D eigenvalue weighted by Gasteiger charge is -2.12. The molecule has 0 fully saturated rings. The van der Waals surface area contributed by atoms with Gasteiger partial charge in [-0.3, -0.25) is 0 Å². The van der Waals surface area contributed by atoms with Crippen LogP contribution in [0.1, 0.15) is 48.9 Å². The molecule has 0 radical (unpaired) electrons. The van der Waals surface area contributed by atoms with Crippen LogP contribution in [0, 0.1) is 0 Å². The topological polar surface area (TPSA) is 18.5 Å². The van der Waals surface area contributed by atoms with Gasteiger partial charge in [-0.1, -0.05) is 111 Å². The summed E-state index contributed by atoms with van der Waals surface area (Å²) in [5.41, 5.74) is 6.97. The van der Waals surface area contributed by atoms with Gasteiger partial charge in [-0.05, 0) is 70.5 Å². The third-order valence-electron chi connectivity index (χ3n) is 5.86. The molecule has 2 heteroatoms. The number of rotatable bonds is 11. The van der Waals surface area contributed by atoms with Crippen molar-refractivity contribution >= 4 is 11.1 Å². The van der Waals surface area contributed by atoms with Gasteiger partial charge in [0.15, 0.2) is 0 Å². The Balaban J connectivity index is 1.77. The van der Waals surface area contributed by atoms with Crippen molar-refractivity contribution < 1.29 is 9.47 Å². The van der Waals surface area contributed by atoms with Gasteiger partial charge in [-0.15, -0.1) is 0 Å². The fraction of sp³-hybridized carbons (Fsp3) is 0.176. The quantitative estimate of drug-likeness (QED) is 0.202. The highest BCUT2D eigenvalue weighted by Gasteiger charge is 2.08. The average molecular weight is 475 g/mol. The number of allylic oxidation sites excluding steroid dienone is 2. The Bertz CT molecular complexity index is 1160. The zero-order chi connectivity index (χ0) is 25.0. The Morgan fingerprint density at radius 2 is 0.806 bits per heavy atom. The van der Waals surface area contributed by atoms with Crippen molar-refractivity contribution in [3.63, 3.8) is 0 Å². The number of ether oxygens (including phenoxy) is 2. The summed E-state index contributed by atoms with van der Waals surface area (Å²) in [5, 5.41) is 0. The van der Waals surface area contributed by atoms with E-state index in [1.54, 1.807) is 0 Å². The first-order valence-electron chi connectivity index (χ1n) is 12.8. The fourth-order valence-corrected chi connectivity index (χ4v) is 4.02. The maximum Gasteiger partial charge on any atom is 0.119 e. The molecule has 0 unspecified atom stereocenters. The van der Waals surface area contributed by atoms with Gasteiger partial charge in [0, 0.05) is 0 Å². The van der Waals surface area contributed by atoms with E-state index in [0.717, 1.165) is 54.3 Å². The van der Waals surface area contributed by atoms with E-state index >= 15 is 0 Å². The van der Waals surface area contributed by atoms with Crippen LogP contribution in [0.5, 0.6) is 11.5 Å². The minimum atomic E-state index is 0.724. The summed E-state index contributed by atoms with van der Waals surface area (Å²) in [7, 11) is 0. The molecule has 36 heavy (non-hydrogen) atoms. The van der Waals surface area contributed by atoms with Gasteiger partial charge in [0.05, 0.1) is 13.2 Å². The third-order valence-corrected chi connectivity index (χ3v) is 5.86. The Kier molecular flexibility index (Phi) is 9.16. The molecule has 0 saturated heterocycles. The number of hydrogen-bond acceptors (Lipinski definition) is 2. The van der Waals surface area contributed by atoms with Gasteiger partial charge in [0.2, 0.25) is 0 Å². The molecule has 0 aliphatic rings. The van der Waals surface area contributed by atoms with E-state index < -0.39 is 0 Å². The molecular weight excluding hydrogens is 440 g/mol. The van der Waals surface area contributed by atoms with Crippen LogP contribution in [0.3, 0.4) is 0 Å². The molecule has 0 bridgehead atoms. The summed E-state index contributed by atoms with van der Waals surface area (Å²) in [4.78, 5) is 0. The molecule has 2 nitrogen and oxygen atoms in total. The van der Waals surface area contributed by atoms with Crippen molar-refractivity contribution in [3.8, 4) is 11.5 Å². The molecule has 4 aromatic carbocycles. The van der Waals surface area contributed by atoms with Gasteiger partial charge >= 0.3 is 0 Å². The molecule has 0 aliphatic carbocycles. The third kappa shape index (κ3) is 6.76. The highest BCUT2D eigenvalue weighted by molar-refractivity contribution is 5.86. The Labute approximate surface area is 215 Å². The second kappa shape index (κ2) is 13.2. The van der Waals surface area contributed by atoms with Gasteiger partial charge < -0.3 is 9.47 Å². The first-order chi connectivity index (χ1) is 17.8. The molecule has 0 N–H and O–H groups in total. The Morgan fingerprint density at radius 1 is 0.472 bits per heavy atom. The minimum absolute atomic E-state index is 0.724. The van der Waals surface area contributed by atoms with Crippen LogP contribution in [0.15, 0.2) is 121 Å². The highest BCUT2D eigenvalue weighted by atomic mass is 16.5. The van der Waals surface area contributed by atoms with Gasteiger partial charge in [-0.25, -0.2) is 0 Å². The summed E-state index contributed by atoms with van der Waals surface area (Å²) < 4.78 is 11.6. The minimum Gasteiger partial charge on any atom is -0.494 e. The van der Waals surface area contributed by atoms with Crippen molar-refractivity contribution in [3.05, 3.63) is 144 Å². The Hall–Kier alpha value is -4.04. The summed E-state index contributed by atoms with van der Waals surface area (Å²) in [5.74, 6) is 1.79. The van der Waals surface area contributed by atoms with Crippen LogP contribution in [-0.2, 0) is 0 Å². The lowest BCUT2D eigenvalue weighted by molar-refractivity contribution is 0.317. The molecule has 4 rings (SSSR count). The van der Waals surface area contributed by atoms with Crippen molar-refractivity contribution in [2.45, 2.75) is 26.7 Å². The van der Waals surface area contributed by atoms with E-state index in [-0.39, 0.29) is 0 Å². The molecule has 0 saturated carbocycles. The standard InChI is InChI=1S/C34H34O2/c1-3-25-35-31-19-15-29(16-20-31)34(30-17-21-32(22-18-30)36-26-4-2)24-23-33(27-11-7-5-8-12-27)28-13-9-6-10-14-28/h5-24H,3-4,25-26H2,1-2H3. The van der Waals surface area contributed by atoms with E-state index in [2.05, 4.69) is 135 Å². The van der Waals surface area contributed by atoms with E-state index in [1.807, 2.05) is 0 Å². The first-order valence-corrected chi connectivity index (χ1v) is 12.8. The smallest absolute Gasteiger partial charge is 0.119 e. The first kappa shape index (κ1) is 25.1. The lowest BCUT2D eigenvalue weighted by atomic mass is 9.94. The zero-order valence-corrected chi connectivity index (χ0v) is 21.2. The maximum atomic E-state index is 5.81. The van der Waals surface area contributed by atoms with Crippen molar-refractivity contribution in [2.24, 2.45) is 0 Å². The lowest BCUT2D eigenvalue weighted by Crippen LogP contribution is -1.96. The molecule has 0 amide bonds. The van der Waals surface area contributed by atoms with Crippen LogP contribution in [0.4, 0.5) is 0 Å². The van der Waals surface area contributed by atoms with Crippen molar-refractivity contribution in [1.29, 1.82) is 0 Å².